The Morgan fingerprint density at radius 2 is 1.71 bits per heavy atom. The predicted octanol–water partition coefficient (Wildman–Crippen LogP) is 3.52. The Bertz CT molecular complexity index is 1370. The summed E-state index contributed by atoms with van der Waals surface area (Å²) in [6.45, 7) is 4.74. The first-order chi connectivity index (χ1) is 15.0. The van der Waals surface area contributed by atoms with Gasteiger partial charge in [0.2, 0.25) is 0 Å². The molecular formula is C23H26N6O2. The second kappa shape index (κ2) is 7.76. The number of rotatable bonds is 4. The van der Waals surface area contributed by atoms with E-state index in [0.29, 0.717) is 46.1 Å². The van der Waals surface area contributed by atoms with Crippen molar-refractivity contribution in [3.05, 3.63) is 57.1 Å². The normalized spacial score (nSPS) is 15.3. The van der Waals surface area contributed by atoms with Gasteiger partial charge in [0, 0.05) is 24.9 Å². The zero-order valence-corrected chi connectivity index (χ0v) is 17.8. The Morgan fingerprint density at radius 3 is 2.45 bits per heavy atom. The minimum atomic E-state index is -0.278. The number of pyridine rings is 3. The molecule has 4 aromatic heterocycles. The summed E-state index contributed by atoms with van der Waals surface area (Å²) in [6, 6.07) is 5.26. The number of hydrogen-bond donors (Lipinski definition) is 1. The Hall–Kier alpha value is -3.29. The van der Waals surface area contributed by atoms with Gasteiger partial charge in [-0.05, 0) is 37.0 Å². The molecule has 1 aliphatic carbocycles. The molecule has 0 spiro atoms. The first kappa shape index (κ1) is 19.7. The van der Waals surface area contributed by atoms with Crippen molar-refractivity contribution in [2.45, 2.75) is 58.4 Å². The summed E-state index contributed by atoms with van der Waals surface area (Å²) >= 11 is 0. The van der Waals surface area contributed by atoms with E-state index in [4.69, 9.17) is 0 Å². The molecule has 1 saturated carbocycles. The fourth-order valence-electron chi connectivity index (χ4n) is 4.49. The second-order valence-electron chi connectivity index (χ2n) is 8.87. The molecule has 31 heavy (non-hydrogen) atoms. The van der Waals surface area contributed by atoms with Crippen LogP contribution in [0.4, 0.5) is 0 Å². The van der Waals surface area contributed by atoms with E-state index in [-0.39, 0.29) is 11.1 Å². The summed E-state index contributed by atoms with van der Waals surface area (Å²) in [7, 11) is 0. The summed E-state index contributed by atoms with van der Waals surface area (Å²) in [5.74, 6) is 1.88. The molecule has 0 aromatic carbocycles. The zero-order chi connectivity index (χ0) is 21.5. The Kier molecular flexibility index (Phi) is 4.92. The van der Waals surface area contributed by atoms with Gasteiger partial charge in [0.05, 0.1) is 21.8 Å². The lowest BCUT2D eigenvalue weighted by molar-refractivity contribution is 0.429. The van der Waals surface area contributed by atoms with Gasteiger partial charge in [0.25, 0.3) is 17.1 Å². The van der Waals surface area contributed by atoms with Crippen molar-refractivity contribution < 1.29 is 0 Å². The van der Waals surface area contributed by atoms with Crippen LogP contribution >= 0.6 is 0 Å². The van der Waals surface area contributed by atoms with Gasteiger partial charge in [-0.1, -0.05) is 33.1 Å². The summed E-state index contributed by atoms with van der Waals surface area (Å²) in [5.41, 5.74) is 0.734. The van der Waals surface area contributed by atoms with Crippen molar-refractivity contribution in [3.8, 4) is 5.95 Å². The quantitative estimate of drug-likeness (QED) is 0.511. The van der Waals surface area contributed by atoms with Crippen LogP contribution in [-0.2, 0) is 6.54 Å². The molecule has 1 N–H and O–H groups in total. The largest absolute Gasteiger partial charge is 0.315 e. The maximum absolute atomic E-state index is 13.3. The Morgan fingerprint density at radius 1 is 1.00 bits per heavy atom. The van der Waals surface area contributed by atoms with Gasteiger partial charge < -0.3 is 4.57 Å². The molecule has 0 unspecified atom stereocenters. The molecule has 4 heterocycles. The van der Waals surface area contributed by atoms with Crippen molar-refractivity contribution in [1.82, 2.24) is 29.3 Å². The fourth-order valence-corrected chi connectivity index (χ4v) is 4.49. The van der Waals surface area contributed by atoms with Crippen LogP contribution in [0.1, 0.15) is 57.7 Å². The molecule has 5 rings (SSSR count). The molecule has 0 bridgehead atoms. The highest BCUT2D eigenvalue weighted by Crippen LogP contribution is 2.30. The number of hydrogen-bond acceptors (Lipinski definition) is 5. The second-order valence-corrected chi connectivity index (χ2v) is 8.87. The van der Waals surface area contributed by atoms with E-state index in [2.05, 4.69) is 34.0 Å². The first-order valence-corrected chi connectivity index (χ1v) is 11.0. The lowest BCUT2D eigenvalue weighted by Gasteiger charge is -2.18. The van der Waals surface area contributed by atoms with E-state index < -0.39 is 0 Å². The predicted molar refractivity (Wildman–Crippen MR) is 120 cm³/mol. The zero-order valence-electron chi connectivity index (χ0n) is 17.8. The molecular weight excluding hydrogens is 392 g/mol. The number of nitrogens with zero attached hydrogens (tertiary/aromatic N) is 5. The highest BCUT2D eigenvalue weighted by molar-refractivity contribution is 5.91. The Balaban J connectivity index is 1.61. The SMILES string of the molecule is CC(C)Cn1ccc2nc3ccn(-c4n[nH]c(C5CCCCC5)n4)c(=O)c3cc2c1=O. The number of aromatic amines is 1. The number of aromatic nitrogens is 6. The standard InChI is InChI=1S/C23H26N6O2/c1-14(2)13-28-10-8-18-16(21(28)30)12-17-19(24-18)9-11-29(22(17)31)23-25-20(26-27-23)15-6-4-3-5-7-15/h8-12,14-15H,3-7,13H2,1-2H3,(H,25,26,27). The van der Waals surface area contributed by atoms with Crippen molar-refractivity contribution in [2.24, 2.45) is 5.92 Å². The molecule has 4 aromatic rings. The number of fused-ring (bicyclic) bond motifs is 2. The number of H-pyrrole nitrogens is 1. The van der Waals surface area contributed by atoms with E-state index in [1.54, 1.807) is 29.1 Å². The lowest BCUT2D eigenvalue weighted by Crippen LogP contribution is -2.23. The highest BCUT2D eigenvalue weighted by atomic mass is 16.1. The smallest absolute Gasteiger partial charge is 0.267 e. The van der Waals surface area contributed by atoms with Gasteiger partial charge in [0.15, 0.2) is 0 Å². The average molecular weight is 419 g/mol. The number of nitrogens with one attached hydrogen (secondary N) is 1. The third kappa shape index (κ3) is 3.56. The van der Waals surface area contributed by atoms with Crippen molar-refractivity contribution in [2.75, 3.05) is 0 Å². The van der Waals surface area contributed by atoms with Crippen LogP contribution in [0.3, 0.4) is 0 Å². The summed E-state index contributed by atoms with van der Waals surface area (Å²) < 4.78 is 3.10. The van der Waals surface area contributed by atoms with E-state index in [9.17, 15) is 9.59 Å². The monoisotopic (exact) mass is 418 g/mol. The van der Waals surface area contributed by atoms with Crippen molar-refractivity contribution >= 4 is 21.8 Å². The first-order valence-electron chi connectivity index (χ1n) is 11.0. The minimum Gasteiger partial charge on any atom is -0.315 e. The summed E-state index contributed by atoms with van der Waals surface area (Å²) in [6.07, 6.45) is 9.27. The third-order valence-electron chi connectivity index (χ3n) is 6.08. The van der Waals surface area contributed by atoms with E-state index in [1.807, 2.05) is 6.07 Å². The molecule has 0 amide bonds. The van der Waals surface area contributed by atoms with Crippen LogP contribution in [0.2, 0.25) is 0 Å². The summed E-state index contributed by atoms with van der Waals surface area (Å²) in [4.78, 5) is 35.4. The van der Waals surface area contributed by atoms with Crippen LogP contribution in [0, 0.1) is 5.92 Å². The maximum atomic E-state index is 13.3. The molecule has 0 radical (unpaired) electrons. The minimum absolute atomic E-state index is 0.132. The van der Waals surface area contributed by atoms with Crippen LogP contribution in [0.5, 0.6) is 0 Å². The molecule has 8 heteroatoms. The highest BCUT2D eigenvalue weighted by Gasteiger charge is 2.20. The molecule has 8 nitrogen and oxygen atoms in total. The fraction of sp³-hybridized carbons (Fsp3) is 0.435. The molecule has 0 atom stereocenters. The van der Waals surface area contributed by atoms with Gasteiger partial charge >= 0.3 is 0 Å². The van der Waals surface area contributed by atoms with Crippen molar-refractivity contribution in [1.29, 1.82) is 0 Å². The topological polar surface area (TPSA) is 98.5 Å². The van der Waals surface area contributed by atoms with Crippen LogP contribution < -0.4 is 11.1 Å². The van der Waals surface area contributed by atoms with Gasteiger partial charge in [-0.15, -0.1) is 5.10 Å². The van der Waals surface area contributed by atoms with Crippen LogP contribution in [-0.4, -0.2) is 29.3 Å². The van der Waals surface area contributed by atoms with Crippen LogP contribution in [0.25, 0.3) is 27.8 Å². The van der Waals surface area contributed by atoms with E-state index >= 15 is 0 Å². The van der Waals surface area contributed by atoms with Gasteiger partial charge in [-0.3, -0.25) is 14.7 Å². The lowest BCUT2D eigenvalue weighted by atomic mass is 9.89. The average Bonchev–Trinajstić information content (AvgIpc) is 3.26. The molecule has 0 aliphatic heterocycles. The van der Waals surface area contributed by atoms with Crippen LogP contribution in [0.15, 0.2) is 40.2 Å². The van der Waals surface area contributed by atoms with E-state index in [0.717, 1.165) is 18.7 Å². The van der Waals surface area contributed by atoms with Gasteiger partial charge in [-0.2, -0.15) is 4.98 Å². The Labute approximate surface area is 179 Å². The maximum Gasteiger partial charge on any atom is 0.267 e. The molecule has 1 aliphatic rings. The molecule has 160 valence electrons. The third-order valence-corrected chi connectivity index (χ3v) is 6.08. The van der Waals surface area contributed by atoms with E-state index in [1.165, 1.54) is 23.8 Å². The molecule has 0 saturated heterocycles. The van der Waals surface area contributed by atoms with Gasteiger partial charge in [0.1, 0.15) is 5.82 Å². The summed E-state index contributed by atoms with van der Waals surface area (Å²) in [5, 5.41) is 8.16. The molecule has 1 fully saturated rings. The van der Waals surface area contributed by atoms with Gasteiger partial charge in [-0.25, -0.2) is 9.55 Å². The van der Waals surface area contributed by atoms with Crippen molar-refractivity contribution in [3.63, 3.8) is 0 Å².